The second-order valence-electron chi connectivity index (χ2n) is 4.30. The van der Waals surface area contributed by atoms with E-state index in [1.54, 1.807) is 0 Å². The summed E-state index contributed by atoms with van der Waals surface area (Å²) < 4.78 is 5.13. The summed E-state index contributed by atoms with van der Waals surface area (Å²) >= 11 is 0. The van der Waals surface area contributed by atoms with Crippen LogP contribution in [0.2, 0.25) is 0 Å². The van der Waals surface area contributed by atoms with E-state index in [4.69, 9.17) is 14.9 Å². The maximum atomic E-state index is 11.7. The number of hydrogen-bond donors (Lipinski definition) is 3. The first-order chi connectivity index (χ1) is 8.04. The van der Waals surface area contributed by atoms with E-state index in [1.165, 1.54) is 0 Å². The molecule has 0 spiro atoms. The summed E-state index contributed by atoms with van der Waals surface area (Å²) in [6, 6.07) is -0.0397. The Morgan fingerprint density at radius 2 is 2.06 bits per heavy atom. The fourth-order valence-corrected chi connectivity index (χ4v) is 1.82. The molecule has 1 aliphatic heterocycles. The number of carbonyl (C=O) groups excluding carboxylic acids is 1. The average molecular weight is 245 g/mol. The van der Waals surface area contributed by atoms with Gasteiger partial charge in [-0.15, -0.1) is 0 Å². The number of hydrogen-bond acceptors (Lipinski definition) is 4. The maximum Gasteiger partial charge on any atom is 0.332 e. The number of aliphatic carboxylic acids is 1. The molecule has 0 aromatic carbocycles. The molecule has 0 saturated carbocycles. The van der Waals surface area contributed by atoms with Crippen molar-refractivity contribution in [3.05, 3.63) is 0 Å². The normalized spacial score (nSPS) is 25.5. The second-order valence-corrected chi connectivity index (χ2v) is 4.30. The van der Waals surface area contributed by atoms with Crippen LogP contribution in [0.5, 0.6) is 0 Å². The van der Waals surface area contributed by atoms with Gasteiger partial charge in [0.25, 0.3) is 0 Å². The third-order valence-electron chi connectivity index (χ3n) is 2.77. The molecule has 3 N–H and O–H groups in total. The van der Waals surface area contributed by atoms with Crippen LogP contribution in [0.1, 0.15) is 32.6 Å². The lowest BCUT2D eigenvalue weighted by atomic mass is 10.1. The molecule has 0 radical (unpaired) electrons. The third-order valence-corrected chi connectivity index (χ3v) is 2.77. The molecule has 1 rings (SSSR count). The molecule has 1 aliphatic rings. The minimum Gasteiger partial charge on any atom is -0.479 e. The Labute approximate surface area is 100.0 Å². The predicted octanol–water partition coefficient (Wildman–Crippen LogP) is -0.104. The van der Waals surface area contributed by atoms with Crippen LogP contribution in [0.4, 0.5) is 0 Å². The van der Waals surface area contributed by atoms with Crippen molar-refractivity contribution in [2.45, 2.75) is 50.9 Å². The number of aliphatic hydroxyl groups excluding tert-OH is 1. The Morgan fingerprint density at radius 3 is 2.59 bits per heavy atom. The van der Waals surface area contributed by atoms with Gasteiger partial charge in [0.15, 0.2) is 6.10 Å². The smallest absolute Gasteiger partial charge is 0.332 e. The topological polar surface area (TPSA) is 95.9 Å². The van der Waals surface area contributed by atoms with E-state index in [2.05, 4.69) is 5.32 Å². The Hall–Kier alpha value is -1.14. The summed E-state index contributed by atoms with van der Waals surface area (Å²) in [6.45, 7) is 1.94. The Balaban J connectivity index is 2.31. The Morgan fingerprint density at radius 1 is 1.41 bits per heavy atom. The van der Waals surface area contributed by atoms with Crippen LogP contribution in [0, 0.1) is 0 Å². The standard InChI is InChI=1S/C11H19NO5/c1-7(3-2-6-13)12-10(14)8-4-5-9(17-8)11(15)16/h7-9,13H,2-6H2,1H3,(H,12,14)(H,15,16)/t7?,8-,9+/m0/s1. The fourth-order valence-electron chi connectivity index (χ4n) is 1.82. The maximum absolute atomic E-state index is 11.7. The van der Waals surface area contributed by atoms with Crippen molar-refractivity contribution in [3.8, 4) is 0 Å². The molecule has 98 valence electrons. The molecule has 1 saturated heterocycles. The molecule has 0 aliphatic carbocycles. The van der Waals surface area contributed by atoms with Gasteiger partial charge >= 0.3 is 5.97 Å². The highest BCUT2D eigenvalue weighted by Gasteiger charge is 2.34. The molecule has 0 bridgehead atoms. The van der Waals surface area contributed by atoms with Gasteiger partial charge in [-0.05, 0) is 32.6 Å². The summed E-state index contributed by atoms with van der Waals surface area (Å²) in [5, 5.41) is 20.1. The fraction of sp³-hybridized carbons (Fsp3) is 0.818. The van der Waals surface area contributed by atoms with Crippen molar-refractivity contribution in [3.63, 3.8) is 0 Å². The number of ether oxygens (including phenoxy) is 1. The van der Waals surface area contributed by atoms with Gasteiger partial charge in [-0.1, -0.05) is 0 Å². The number of carboxylic acid groups (broad SMARTS) is 1. The largest absolute Gasteiger partial charge is 0.479 e. The lowest BCUT2D eigenvalue weighted by molar-refractivity contribution is -0.151. The predicted molar refractivity (Wildman–Crippen MR) is 59.5 cm³/mol. The molecule has 17 heavy (non-hydrogen) atoms. The Bertz CT molecular complexity index is 281. The van der Waals surface area contributed by atoms with E-state index in [9.17, 15) is 9.59 Å². The van der Waals surface area contributed by atoms with E-state index in [-0.39, 0.29) is 18.6 Å². The van der Waals surface area contributed by atoms with Gasteiger partial charge in [-0.2, -0.15) is 0 Å². The van der Waals surface area contributed by atoms with Crippen molar-refractivity contribution in [2.75, 3.05) is 6.61 Å². The number of amides is 1. The van der Waals surface area contributed by atoms with Crippen molar-refractivity contribution in [1.29, 1.82) is 0 Å². The first-order valence-corrected chi connectivity index (χ1v) is 5.84. The van der Waals surface area contributed by atoms with Crippen LogP contribution >= 0.6 is 0 Å². The average Bonchev–Trinajstić information content (AvgIpc) is 2.75. The van der Waals surface area contributed by atoms with Crippen LogP contribution in [0.25, 0.3) is 0 Å². The van der Waals surface area contributed by atoms with Crippen molar-refractivity contribution in [2.24, 2.45) is 0 Å². The van der Waals surface area contributed by atoms with Crippen LogP contribution in [0.15, 0.2) is 0 Å². The van der Waals surface area contributed by atoms with Gasteiger partial charge in [0.2, 0.25) is 5.91 Å². The molecule has 6 nitrogen and oxygen atoms in total. The number of carbonyl (C=O) groups is 2. The monoisotopic (exact) mass is 245 g/mol. The van der Waals surface area contributed by atoms with Crippen LogP contribution in [-0.4, -0.2) is 46.9 Å². The number of carboxylic acids is 1. The lowest BCUT2D eigenvalue weighted by Gasteiger charge is -2.16. The van der Waals surface area contributed by atoms with Gasteiger partial charge in [0, 0.05) is 12.6 Å². The first kappa shape index (κ1) is 13.9. The zero-order valence-electron chi connectivity index (χ0n) is 9.89. The quantitative estimate of drug-likeness (QED) is 0.607. The molecule has 0 aromatic rings. The van der Waals surface area contributed by atoms with Gasteiger partial charge in [-0.3, -0.25) is 4.79 Å². The van der Waals surface area contributed by atoms with Crippen LogP contribution in [0.3, 0.4) is 0 Å². The van der Waals surface area contributed by atoms with E-state index in [0.29, 0.717) is 25.7 Å². The summed E-state index contributed by atoms with van der Waals surface area (Å²) in [5.41, 5.74) is 0. The first-order valence-electron chi connectivity index (χ1n) is 5.84. The van der Waals surface area contributed by atoms with Gasteiger partial charge in [0.1, 0.15) is 6.10 Å². The third kappa shape index (κ3) is 4.32. The molecular weight excluding hydrogens is 226 g/mol. The molecule has 3 atom stereocenters. The minimum atomic E-state index is -1.02. The van der Waals surface area contributed by atoms with E-state index in [1.807, 2.05) is 6.92 Å². The minimum absolute atomic E-state index is 0.0397. The summed E-state index contributed by atoms with van der Waals surface area (Å²) in [4.78, 5) is 22.3. The highest BCUT2D eigenvalue weighted by molar-refractivity contribution is 5.82. The summed E-state index contributed by atoms with van der Waals surface area (Å²) in [7, 11) is 0. The van der Waals surface area contributed by atoms with Crippen LogP contribution in [-0.2, 0) is 14.3 Å². The van der Waals surface area contributed by atoms with E-state index in [0.717, 1.165) is 0 Å². The zero-order chi connectivity index (χ0) is 12.8. The van der Waals surface area contributed by atoms with E-state index >= 15 is 0 Å². The molecular formula is C11H19NO5. The molecule has 1 fully saturated rings. The highest BCUT2D eigenvalue weighted by Crippen LogP contribution is 2.20. The SMILES string of the molecule is CC(CCCO)NC(=O)[C@@H]1CC[C@H](C(=O)O)O1. The molecule has 1 unspecified atom stereocenters. The second kappa shape index (κ2) is 6.56. The zero-order valence-corrected chi connectivity index (χ0v) is 9.89. The van der Waals surface area contributed by atoms with Gasteiger partial charge in [0.05, 0.1) is 0 Å². The van der Waals surface area contributed by atoms with Crippen LogP contribution < -0.4 is 5.32 Å². The molecule has 6 heteroatoms. The van der Waals surface area contributed by atoms with Crippen molar-refractivity contribution in [1.82, 2.24) is 5.32 Å². The molecule has 1 heterocycles. The van der Waals surface area contributed by atoms with Crippen molar-refractivity contribution >= 4 is 11.9 Å². The highest BCUT2D eigenvalue weighted by atomic mass is 16.5. The number of aliphatic hydroxyl groups is 1. The Kier molecular flexibility index (Phi) is 5.37. The summed E-state index contributed by atoms with van der Waals surface area (Å²) in [6.07, 6.45) is 0.613. The van der Waals surface area contributed by atoms with Gasteiger partial charge in [-0.25, -0.2) is 4.79 Å². The van der Waals surface area contributed by atoms with Crippen molar-refractivity contribution < 1.29 is 24.5 Å². The number of rotatable bonds is 6. The molecule has 0 aromatic heterocycles. The molecule has 1 amide bonds. The summed E-state index contributed by atoms with van der Waals surface area (Å²) in [5.74, 6) is -1.28. The van der Waals surface area contributed by atoms with Gasteiger partial charge < -0.3 is 20.3 Å². The number of nitrogens with one attached hydrogen (secondary N) is 1. The van der Waals surface area contributed by atoms with E-state index < -0.39 is 18.2 Å². The lowest BCUT2D eigenvalue weighted by Crippen LogP contribution is -2.40.